The van der Waals surface area contributed by atoms with E-state index in [1.807, 2.05) is 5.32 Å². The molecule has 0 atom stereocenters. The molecule has 0 unspecified atom stereocenters. The Morgan fingerprint density at radius 2 is 2.10 bits per heavy atom. The Morgan fingerprint density at radius 3 is 2.65 bits per heavy atom. The minimum absolute atomic E-state index is 0.180. The van der Waals surface area contributed by atoms with E-state index in [1.54, 1.807) is 0 Å². The number of thiophene rings is 1. The molecule has 1 N–H and O–H groups in total. The molecule has 1 aromatic carbocycles. The highest BCUT2D eigenvalue weighted by Gasteiger charge is 2.24. The smallest absolute Gasteiger partial charge is 0.296 e. The van der Waals surface area contributed by atoms with E-state index < -0.39 is 33.8 Å². The summed E-state index contributed by atoms with van der Waals surface area (Å²) in [7, 11) is 0. The van der Waals surface area contributed by atoms with E-state index in [0.29, 0.717) is 9.85 Å². The van der Waals surface area contributed by atoms with Crippen LogP contribution in [-0.4, -0.2) is 10.8 Å². The summed E-state index contributed by atoms with van der Waals surface area (Å²) in [5, 5.41) is 14.3. The van der Waals surface area contributed by atoms with Gasteiger partial charge in [0.05, 0.1) is 14.3 Å². The lowest BCUT2D eigenvalue weighted by Crippen LogP contribution is -2.14. The van der Waals surface area contributed by atoms with Crippen molar-refractivity contribution in [2.24, 2.45) is 0 Å². The molecule has 20 heavy (non-hydrogen) atoms. The topological polar surface area (TPSA) is 72.2 Å². The molecule has 0 aliphatic carbocycles. The molecule has 2 rings (SSSR count). The van der Waals surface area contributed by atoms with Gasteiger partial charge in [-0.05, 0) is 28.1 Å². The standard InChI is InChI=1S/C11H5BrF2N2O3S/c12-8-3-5(4-20-8)11(17)15-10-7(16(18)19)2-1-6(13)9(10)14/h1-4H,(H,15,17). The Labute approximate surface area is 123 Å². The fraction of sp³-hybridized carbons (Fsp3) is 0. The van der Waals surface area contributed by atoms with Gasteiger partial charge in [0.25, 0.3) is 11.6 Å². The predicted octanol–water partition coefficient (Wildman–Crippen LogP) is 3.95. The van der Waals surface area contributed by atoms with Gasteiger partial charge >= 0.3 is 0 Å². The minimum atomic E-state index is -1.47. The van der Waals surface area contributed by atoms with Crippen LogP contribution in [0.15, 0.2) is 27.4 Å². The van der Waals surface area contributed by atoms with Gasteiger partial charge in [-0.2, -0.15) is 0 Å². The number of hydrogen-bond donors (Lipinski definition) is 1. The van der Waals surface area contributed by atoms with Gasteiger partial charge in [0.1, 0.15) is 0 Å². The van der Waals surface area contributed by atoms with Crippen LogP contribution in [0.5, 0.6) is 0 Å². The maximum atomic E-state index is 13.6. The first-order valence-electron chi connectivity index (χ1n) is 5.08. The number of anilines is 1. The van der Waals surface area contributed by atoms with Gasteiger partial charge < -0.3 is 5.32 Å². The lowest BCUT2D eigenvalue weighted by molar-refractivity contribution is -0.384. The molecule has 2 aromatic rings. The first-order valence-corrected chi connectivity index (χ1v) is 6.75. The minimum Gasteiger partial charge on any atom is -0.314 e. The number of hydrogen-bond acceptors (Lipinski definition) is 4. The molecule has 5 nitrogen and oxygen atoms in total. The largest absolute Gasteiger partial charge is 0.314 e. The Hall–Kier alpha value is -1.87. The molecule has 0 spiro atoms. The molecule has 1 amide bonds. The third-order valence-electron chi connectivity index (χ3n) is 2.34. The molecule has 1 heterocycles. The highest BCUT2D eigenvalue weighted by atomic mass is 79.9. The van der Waals surface area contributed by atoms with Gasteiger partial charge in [0, 0.05) is 11.4 Å². The molecule has 0 aliphatic heterocycles. The number of nitro benzene ring substituents is 1. The number of nitro groups is 1. The van der Waals surface area contributed by atoms with Crippen molar-refractivity contribution in [1.82, 2.24) is 0 Å². The normalized spacial score (nSPS) is 10.3. The molecule has 1 aromatic heterocycles. The number of carbonyl (C=O) groups is 1. The van der Waals surface area contributed by atoms with Crippen LogP contribution in [0.1, 0.15) is 10.4 Å². The second-order valence-corrected chi connectivity index (χ2v) is 5.90. The van der Waals surface area contributed by atoms with Gasteiger partial charge in [0.15, 0.2) is 17.3 Å². The van der Waals surface area contributed by atoms with Crippen LogP contribution in [-0.2, 0) is 0 Å². The Morgan fingerprint density at radius 1 is 1.40 bits per heavy atom. The molecule has 0 saturated carbocycles. The number of halogens is 3. The second-order valence-electron chi connectivity index (χ2n) is 3.61. The third-order valence-corrected chi connectivity index (χ3v) is 3.84. The van der Waals surface area contributed by atoms with Crippen LogP contribution < -0.4 is 5.32 Å². The van der Waals surface area contributed by atoms with E-state index in [0.717, 1.165) is 6.07 Å². The van der Waals surface area contributed by atoms with Gasteiger partial charge in [0.2, 0.25) is 0 Å². The number of nitrogens with one attached hydrogen (secondary N) is 1. The van der Waals surface area contributed by atoms with Crippen LogP contribution in [0.4, 0.5) is 20.2 Å². The molecule has 0 bridgehead atoms. The number of amides is 1. The summed E-state index contributed by atoms with van der Waals surface area (Å²) in [6, 6.07) is 2.88. The molecule has 0 saturated heterocycles. The summed E-state index contributed by atoms with van der Waals surface area (Å²) >= 11 is 4.36. The molecular formula is C11H5BrF2N2O3S. The van der Waals surface area contributed by atoms with Crippen LogP contribution in [0.2, 0.25) is 0 Å². The molecule has 0 radical (unpaired) electrons. The summed E-state index contributed by atoms with van der Waals surface area (Å²) < 4.78 is 27.4. The predicted molar refractivity (Wildman–Crippen MR) is 73.0 cm³/mol. The van der Waals surface area contributed by atoms with Crippen LogP contribution >= 0.6 is 27.3 Å². The van der Waals surface area contributed by atoms with Crippen molar-refractivity contribution in [2.45, 2.75) is 0 Å². The van der Waals surface area contributed by atoms with Gasteiger partial charge in [-0.3, -0.25) is 14.9 Å². The molecule has 9 heteroatoms. The van der Waals surface area contributed by atoms with E-state index in [2.05, 4.69) is 15.9 Å². The van der Waals surface area contributed by atoms with Gasteiger partial charge in [-0.1, -0.05) is 0 Å². The Balaban J connectivity index is 2.40. The van der Waals surface area contributed by atoms with Crippen molar-refractivity contribution in [1.29, 1.82) is 0 Å². The summed E-state index contributed by atoms with van der Waals surface area (Å²) in [5.74, 6) is -3.52. The summed E-state index contributed by atoms with van der Waals surface area (Å²) in [5.41, 5.74) is -1.33. The third kappa shape index (κ3) is 2.83. The monoisotopic (exact) mass is 362 g/mol. The highest BCUT2D eigenvalue weighted by Crippen LogP contribution is 2.30. The van der Waals surface area contributed by atoms with E-state index >= 15 is 0 Å². The zero-order valence-corrected chi connectivity index (χ0v) is 11.9. The van der Waals surface area contributed by atoms with Crippen molar-refractivity contribution >= 4 is 44.5 Å². The van der Waals surface area contributed by atoms with E-state index in [-0.39, 0.29) is 5.56 Å². The first kappa shape index (κ1) is 14.5. The van der Waals surface area contributed by atoms with Crippen LogP contribution in [0.3, 0.4) is 0 Å². The average Bonchev–Trinajstić information content (AvgIpc) is 2.81. The fourth-order valence-electron chi connectivity index (χ4n) is 1.43. The zero-order valence-electron chi connectivity index (χ0n) is 9.52. The first-order chi connectivity index (χ1) is 9.40. The molecular weight excluding hydrogens is 358 g/mol. The number of carbonyl (C=O) groups excluding carboxylic acids is 1. The van der Waals surface area contributed by atoms with Crippen molar-refractivity contribution < 1.29 is 18.5 Å². The molecule has 104 valence electrons. The van der Waals surface area contributed by atoms with Crippen molar-refractivity contribution in [3.05, 3.63) is 54.7 Å². The average molecular weight is 363 g/mol. The van der Waals surface area contributed by atoms with Crippen molar-refractivity contribution in [3.63, 3.8) is 0 Å². The lowest BCUT2D eigenvalue weighted by Gasteiger charge is -2.06. The quantitative estimate of drug-likeness (QED) is 0.663. The Kier molecular flexibility index (Phi) is 4.09. The van der Waals surface area contributed by atoms with E-state index in [4.69, 9.17) is 0 Å². The van der Waals surface area contributed by atoms with Gasteiger partial charge in [-0.25, -0.2) is 8.78 Å². The maximum absolute atomic E-state index is 13.6. The fourth-order valence-corrected chi connectivity index (χ4v) is 2.56. The number of rotatable bonds is 3. The van der Waals surface area contributed by atoms with Crippen LogP contribution in [0, 0.1) is 21.7 Å². The maximum Gasteiger partial charge on any atom is 0.296 e. The highest BCUT2D eigenvalue weighted by molar-refractivity contribution is 9.11. The summed E-state index contributed by atoms with van der Waals surface area (Å²) in [6.45, 7) is 0. The zero-order chi connectivity index (χ0) is 14.9. The van der Waals surface area contributed by atoms with Gasteiger partial charge in [-0.15, -0.1) is 11.3 Å². The Bertz CT molecular complexity index is 705. The number of nitrogens with zero attached hydrogens (tertiary/aromatic N) is 1. The summed E-state index contributed by atoms with van der Waals surface area (Å²) in [4.78, 5) is 21.7. The SMILES string of the molecule is O=C(Nc1c([N+](=O)[O-])ccc(F)c1F)c1csc(Br)c1. The van der Waals surface area contributed by atoms with Crippen LogP contribution in [0.25, 0.3) is 0 Å². The molecule has 0 aliphatic rings. The number of benzene rings is 1. The summed E-state index contributed by atoms with van der Waals surface area (Å²) in [6.07, 6.45) is 0. The second kappa shape index (κ2) is 5.63. The van der Waals surface area contributed by atoms with E-state index in [9.17, 15) is 23.7 Å². The molecule has 0 fully saturated rings. The van der Waals surface area contributed by atoms with E-state index in [1.165, 1.54) is 22.8 Å². The lowest BCUT2D eigenvalue weighted by atomic mass is 10.2. The van der Waals surface area contributed by atoms with Crippen molar-refractivity contribution in [2.75, 3.05) is 5.32 Å². The van der Waals surface area contributed by atoms with Crippen molar-refractivity contribution in [3.8, 4) is 0 Å².